The molecule has 3 N–H and O–H groups in total. The number of rotatable bonds is 4. The summed E-state index contributed by atoms with van der Waals surface area (Å²) in [5.41, 5.74) is 4.79. The summed E-state index contributed by atoms with van der Waals surface area (Å²) in [4.78, 5) is 9.40. The van der Waals surface area contributed by atoms with Crippen molar-refractivity contribution in [2.75, 3.05) is 5.32 Å². The van der Waals surface area contributed by atoms with Crippen molar-refractivity contribution >= 4 is 16.9 Å². The van der Waals surface area contributed by atoms with Gasteiger partial charge in [-0.1, -0.05) is 48.0 Å². The minimum absolute atomic E-state index is 0.154. The van der Waals surface area contributed by atoms with Crippen LogP contribution in [0.2, 0.25) is 0 Å². The lowest BCUT2D eigenvalue weighted by atomic mass is 10.1. The molecule has 0 radical (unpaired) electrons. The SMILES string of the molecule is Cc1ccc(O)c(CNc2nc3ccc(O)cc3nc2-c2ccccc2)c1. The zero-order valence-corrected chi connectivity index (χ0v) is 14.8. The number of nitrogens with one attached hydrogen (secondary N) is 1. The van der Waals surface area contributed by atoms with Crippen molar-refractivity contribution in [3.63, 3.8) is 0 Å². The van der Waals surface area contributed by atoms with Gasteiger partial charge in [-0.05, 0) is 25.1 Å². The second kappa shape index (κ2) is 6.96. The molecule has 5 heteroatoms. The average Bonchev–Trinajstić information content (AvgIpc) is 2.68. The highest BCUT2D eigenvalue weighted by atomic mass is 16.3. The van der Waals surface area contributed by atoms with Crippen LogP contribution < -0.4 is 5.32 Å². The predicted molar refractivity (Wildman–Crippen MR) is 107 cm³/mol. The van der Waals surface area contributed by atoms with Crippen LogP contribution in [0.4, 0.5) is 5.82 Å². The first-order valence-corrected chi connectivity index (χ1v) is 8.69. The first-order valence-electron chi connectivity index (χ1n) is 8.69. The molecule has 134 valence electrons. The lowest BCUT2D eigenvalue weighted by molar-refractivity contribution is 0.469. The molecule has 0 aliphatic heterocycles. The molecule has 0 saturated carbocycles. The number of nitrogens with zero attached hydrogens (tertiary/aromatic N) is 2. The van der Waals surface area contributed by atoms with Crippen LogP contribution in [0.3, 0.4) is 0 Å². The van der Waals surface area contributed by atoms with E-state index in [9.17, 15) is 10.2 Å². The summed E-state index contributed by atoms with van der Waals surface area (Å²) in [7, 11) is 0. The Bertz CT molecular complexity index is 1110. The zero-order chi connectivity index (χ0) is 18.8. The monoisotopic (exact) mass is 357 g/mol. The van der Waals surface area contributed by atoms with E-state index in [-0.39, 0.29) is 11.5 Å². The third-order valence-corrected chi connectivity index (χ3v) is 4.38. The molecule has 1 aromatic heterocycles. The largest absolute Gasteiger partial charge is 0.508 e. The lowest BCUT2D eigenvalue weighted by Crippen LogP contribution is -2.05. The van der Waals surface area contributed by atoms with Crippen LogP contribution in [0.15, 0.2) is 66.7 Å². The van der Waals surface area contributed by atoms with Crippen LogP contribution in [-0.4, -0.2) is 20.2 Å². The number of aromatic nitrogens is 2. The maximum absolute atomic E-state index is 10.1. The molecule has 5 nitrogen and oxygen atoms in total. The number of phenolic OH excluding ortho intramolecular Hbond substituents is 2. The number of hydrogen-bond donors (Lipinski definition) is 3. The van der Waals surface area contributed by atoms with E-state index in [1.807, 2.05) is 49.4 Å². The summed E-state index contributed by atoms with van der Waals surface area (Å²) in [6.45, 7) is 2.41. The molecule has 4 aromatic rings. The highest BCUT2D eigenvalue weighted by molar-refractivity contribution is 5.84. The van der Waals surface area contributed by atoms with Gasteiger partial charge >= 0.3 is 0 Å². The predicted octanol–water partition coefficient (Wildman–Crippen LogP) is 4.63. The van der Waals surface area contributed by atoms with Gasteiger partial charge in [0.15, 0.2) is 5.82 Å². The van der Waals surface area contributed by atoms with E-state index in [1.54, 1.807) is 24.3 Å². The van der Waals surface area contributed by atoms with Crippen molar-refractivity contribution in [2.45, 2.75) is 13.5 Å². The molecule has 0 atom stereocenters. The van der Waals surface area contributed by atoms with Gasteiger partial charge < -0.3 is 15.5 Å². The van der Waals surface area contributed by atoms with Crippen LogP contribution in [-0.2, 0) is 6.54 Å². The molecule has 0 amide bonds. The minimum Gasteiger partial charge on any atom is -0.508 e. The molecule has 0 bridgehead atoms. The van der Waals surface area contributed by atoms with Gasteiger partial charge in [0.1, 0.15) is 17.2 Å². The molecule has 0 aliphatic rings. The fourth-order valence-electron chi connectivity index (χ4n) is 3.00. The Hall–Kier alpha value is -3.60. The fourth-order valence-corrected chi connectivity index (χ4v) is 3.00. The Balaban J connectivity index is 1.78. The van der Waals surface area contributed by atoms with Crippen molar-refractivity contribution in [3.05, 3.63) is 77.9 Å². The summed E-state index contributed by atoms with van der Waals surface area (Å²) in [5.74, 6) is 1.02. The molecule has 0 unspecified atom stereocenters. The Morgan fingerprint density at radius 1 is 0.852 bits per heavy atom. The van der Waals surface area contributed by atoms with E-state index in [1.165, 1.54) is 0 Å². The van der Waals surface area contributed by atoms with Gasteiger partial charge in [-0.3, -0.25) is 0 Å². The first kappa shape index (κ1) is 16.8. The van der Waals surface area contributed by atoms with Crippen LogP contribution in [0.1, 0.15) is 11.1 Å². The van der Waals surface area contributed by atoms with Crippen LogP contribution in [0.5, 0.6) is 11.5 Å². The van der Waals surface area contributed by atoms with Crippen molar-refractivity contribution in [3.8, 4) is 22.8 Å². The van der Waals surface area contributed by atoms with Crippen molar-refractivity contribution in [1.29, 1.82) is 0 Å². The van der Waals surface area contributed by atoms with E-state index in [2.05, 4.69) is 5.32 Å². The molecule has 0 aliphatic carbocycles. The second-order valence-electron chi connectivity index (χ2n) is 6.45. The number of aromatic hydroxyl groups is 2. The number of fused-ring (bicyclic) bond motifs is 1. The highest BCUT2D eigenvalue weighted by Gasteiger charge is 2.12. The minimum atomic E-state index is 0.154. The molecular weight excluding hydrogens is 338 g/mol. The van der Waals surface area contributed by atoms with E-state index < -0.39 is 0 Å². The summed E-state index contributed by atoms with van der Waals surface area (Å²) < 4.78 is 0. The van der Waals surface area contributed by atoms with E-state index in [0.717, 1.165) is 16.7 Å². The third kappa shape index (κ3) is 3.53. The van der Waals surface area contributed by atoms with Crippen molar-refractivity contribution < 1.29 is 10.2 Å². The Labute approximate surface area is 157 Å². The van der Waals surface area contributed by atoms with E-state index >= 15 is 0 Å². The molecule has 27 heavy (non-hydrogen) atoms. The zero-order valence-electron chi connectivity index (χ0n) is 14.8. The normalized spacial score (nSPS) is 10.9. The Morgan fingerprint density at radius 2 is 1.67 bits per heavy atom. The number of hydrogen-bond acceptors (Lipinski definition) is 5. The van der Waals surface area contributed by atoms with E-state index in [4.69, 9.17) is 9.97 Å². The standard InChI is InChI=1S/C22H19N3O2/c1-14-7-10-20(27)16(11-14)13-23-22-21(15-5-3-2-4-6-15)24-19-12-17(26)8-9-18(19)25-22/h2-12,26-27H,13H2,1H3,(H,23,25). The Morgan fingerprint density at radius 3 is 2.48 bits per heavy atom. The number of aryl methyl sites for hydroxylation is 1. The van der Waals surface area contributed by atoms with Crippen LogP contribution in [0.25, 0.3) is 22.3 Å². The van der Waals surface area contributed by atoms with E-state index in [0.29, 0.717) is 29.1 Å². The number of anilines is 1. The topological polar surface area (TPSA) is 78.3 Å². The summed E-state index contributed by atoms with van der Waals surface area (Å²) in [6, 6.07) is 20.2. The van der Waals surface area contributed by atoms with Crippen LogP contribution in [0, 0.1) is 6.92 Å². The smallest absolute Gasteiger partial charge is 0.153 e. The molecule has 0 fully saturated rings. The van der Waals surface area contributed by atoms with Gasteiger partial charge in [0.2, 0.25) is 0 Å². The summed E-state index contributed by atoms with van der Waals surface area (Å²) in [5, 5.41) is 23.2. The van der Waals surface area contributed by atoms with Crippen molar-refractivity contribution in [1.82, 2.24) is 9.97 Å². The molecule has 0 spiro atoms. The van der Waals surface area contributed by atoms with Gasteiger partial charge in [0.05, 0.1) is 11.0 Å². The molecule has 0 saturated heterocycles. The number of benzene rings is 3. The quantitative estimate of drug-likeness (QED) is 0.496. The lowest BCUT2D eigenvalue weighted by Gasteiger charge is -2.13. The van der Waals surface area contributed by atoms with Gasteiger partial charge in [-0.15, -0.1) is 0 Å². The summed E-state index contributed by atoms with van der Waals surface area (Å²) in [6.07, 6.45) is 0. The van der Waals surface area contributed by atoms with Gasteiger partial charge in [-0.2, -0.15) is 0 Å². The van der Waals surface area contributed by atoms with Gasteiger partial charge in [0, 0.05) is 23.7 Å². The maximum Gasteiger partial charge on any atom is 0.153 e. The number of phenols is 2. The van der Waals surface area contributed by atoms with Crippen molar-refractivity contribution in [2.24, 2.45) is 0 Å². The molecule has 4 rings (SSSR count). The average molecular weight is 357 g/mol. The van der Waals surface area contributed by atoms with Gasteiger partial charge in [-0.25, -0.2) is 9.97 Å². The van der Waals surface area contributed by atoms with Crippen LogP contribution >= 0.6 is 0 Å². The first-order chi connectivity index (χ1) is 13.1. The molecule has 3 aromatic carbocycles. The highest BCUT2D eigenvalue weighted by Crippen LogP contribution is 2.29. The second-order valence-corrected chi connectivity index (χ2v) is 6.45. The third-order valence-electron chi connectivity index (χ3n) is 4.38. The summed E-state index contributed by atoms with van der Waals surface area (Å²) >= 11 is 0. The maximum atomic E-state index is 10.1. The molecular formula is C22H19N3O2. The fraction of sp³-hybridized carbons (Fsp3) is 0.0909. The van der Waals surface area contributed by atoms with Gasteiger partial charge in [0.25, 0.3) is 0 Å². The Kier molecular flexibility index (Phi) is 4.34. The molecule has 1 heterocycles.